The molecule has 2 aliphatic rings. The molecule has 0 radical (unpaired) electrons. The van der Waals surface area contributed by atoms with Gasteiger partial charge in [-0.15, -0.1) is 0 Å². The van der Waals surface area contributed by atoms with Crippen LogP contribution in [-0.2, 0) is 0 Å². The lowest BCUT2D eigenvalue weighted by molar-refractivity contribution is 0.244. The highest BCUT2D eigenvalue weighted by molar-refractivity contribution is 5.77. The Kier molecular flexibility index (Phi) is 3.32. The van der Waals surface area contributed by atoms with Crippen LogP contribution in [0.4, 0.5) is 9.18 Å². The van der Waals surface area contributed by atoms with Crippen molar-refractivity contribution in [3.8, 4) is 0 Å². The molecule has 0 saturated heterocycles. The van der Waals surface area contributed by atoms with Crippen molar-refractivity contribution in [3.63, 3.8) is 0 Å². The van der Waals surface area contributed by atoms with Crippen LogP contribution in [0.25, 0.3) is 0 Å². The SMILES string of the molecule is O=C(N/C=C/C1CC2C=CC1C2)n1cc(F)c(=O)[nH]c1=O. The highest BCUT2D eigenvalue weighted by atomic mass is 19.1. The summed E-state index contributed by atoms with van der Waals surface area (Å²) in [6, 6.07) is -0.815. The van der Waals surface area contributed by atoms with Crippen molar-refractivity contribution < 1.29 is 9.18 Å². The van der Waals surface area contributed by atoms with Crippen LogP contribution in [0.15, 0.2) is 40.2 Å². The summed E-state index contributed by atoms with van der Waals surface area (Å²) in [5.74, 6) is 0.323. The van der Waals surface area contributed by atoms with E-state index in [0.717, 1.165) is 12.8 Å². The van der Waals surface area contributed by atoms with Gasteiger partial charge in [0.25, 0.3) is 5.56 Å². The van der Waals surface area contributed by atoms with E-state index < -0.39 is 23.1 Å². The second kappa shape index (κ2) is 5.16. The maximum atomic E-state index is 13.1. The Bertz CT molecular complexity index is 747. The third-order valence-electron chi connectivity index (χ3n) is 4.00. The fourth-order valence-corrected chi connectivity index (χ4v) is 2.96. The number of allylic oxidation sites excluding steroid dienone is 3. The predicted octanol–water partition coefficient (Wildman–Crippen LogP) is 0.959. The lowest BCUT2D eigenvalue weighted by Gasteiger charge is -2.13. The Morgan fingerprint density at radius 1 is 1.38 bits per heavy atom. The third-order valence-corrected chi connectivity index (χ3v) is 4.00. The number of aromatic amines is 1. The van der Waals surface area contributed by atoms with E-state index in [-0.39, 0.29) is 0 Å². The zero-order valence-electron chi connectivity index (χ0n) is 11.1. The summed E-state index contributed by atoms with van der Waals surface area (Å²) in [7, 11) is 0. The van der Waals surface area contributed by atoms with Crippen molar-refractivity contribution in [2.75, 3.05) is 0 Å². The van der Waals surface area contributed by atoms with Gasteiger partial charge in [-0.3, -0.25) is 9.78 Å². The average Bonchev–Trinajstić information content (AvgIpc) is 3.05. The number of nitrogens with one attached hydrogen (secondary N) is 2. The molecule has 0 aliphatic heterocycles. The number of carbonyl (C=O) groups is 1. The van der Waals surface area contributed by atoms with Gasteiger partial charge < -0.3 is 5.32 Å². The van der Waals surface area contributed by atoms with Crippen molar-refractivity contribution in [2.45, 2.75) is 12.8 Å². The molecule has 110 valence electrons. The molecule has 3 atom stereocenters. The molecule has 0 spiro atoms. The Labute approximate surface area is 119 Å². The highest BCUT2D eigenvalue weighted by Gasteiger charge is 2.33. The molecule has 1 amide bonds. The summed E-state index contributed by atoms with van der Waals surface area (Å²) in [4.78, 5) is 35.8. The Balaban J connectivity index is 1.67. The molecule has 21 heavy (non-hydrogen) atoms. The molecule has 1 saturated carbocycles. The van der Waals surface area contributed by atoms with Crippen molar-refractivity contribution >= 4 is 6.03 Å². The van der Waals surface area contributed by atoms with E-state index in [0.29, 0.717) is 28.5 Å². The van der Waals surface area contributed by atoms with Crippen LogP contribution in [0.2, 0.25) is 0 Å². The largest absolute Gasteiger partial charge is 0.336 e. The van der Waals surface area contributed by atoms with Gasteiger partial charge in [-0.25, -0.2) is 14.2 Å². The normalized spacial score (nSPS) is 26.6. The molecule has 2 N–H and O–H groups in total. The fourth-order valence-electron chi connectivity index (χ4n) is 2.96. The predicted molar refractivity (Wildman–Crippen MR) is 73.2 cm³/mol. The minimum absolute atomic E-state index is 0.379. The molecule has 0 aromatic carbocycles. The maximum absolute atomic E-state index is 13.1. The first kappa shape index (κ1) is 13.5. The first-order valence-electron chi connectivity index (χ1n) is 6.72. The highest BCUT2D eigenvalue weighted by Crippen LogP contribution is 2.43. The summed E-state index contributed by atoms with van der Waals surface area (Å²) in [5.41, 5.74) is -2.12. The summed E-state index contributed by atoms with van der Waals surface area (Å²) in [6.07, 6.45) is 10.5. The van der Waals surface area contributed by atoms with Crippen molar-refractivity contribution in [2.24, 2.45) is 17.8 Å². The van der Waals surface area contributed by atoms with Crippen molar-refractivity contribution in [1.82, 2.24) is 14.9 Å². The Morgan fingerprint density at radius 2 is 2.19 bits per heavy atom. The zero-order chi connectivity index (χ0) is 15.0. The number of carbonyl (C=O) groups excluding carboxylic acids is 1. The minimum atomic E-state index is -1.19. The number of H-pyrrole nitrogens is 1. The number of amides is 1. The van der Waals surface area contributed by atoms with E-state index in [1.807, 2.05) is 6.08 Å². The number of hydrogen-bond donors (Lipinski definition) is 2. The van der Waals surface area contributed by atoms with E-state index in [2.05, 4.69) is 17.5 Å². The molecular formula is C14H14FN3O3. The number of aromatic nitrogens is 2. The minimum Gasteiger partial charge on any atom is -0.314 e. The standard InChI is InChI=1S/C14H14FN3O3/c15-11-7-18(14(21)17-12(11)19)13(20)16-4-3-10-6-8-1-2-9(10)5-8/h1-4,7-10H,5-6H2,(H,16,20)(H,17,19,21)/b4-3+. The van der Waals surface area contributed by atoms with Crippen LogP contribution < -0.4 is 16.6 Å². The fraction of sp³-hybridized carbons (Fsp3) is 0.357. The van der Waals surface area contributed by atoms with Crippen molar-refractivity contribution in [1.29, 1.82) is 0 Å². The summed E-state index contributed by atoms with van der Waals surface area (Å²) < 4.78 is 13.6. The number of rotatable bonds is 2. The smallest absolute Gasteiger partial charge is 0.314 e. The third kappa shape index (κ3) is 2.58. The van der Waals surface area contributed by atoms with Crippen LogP contribution in [-0.4, -0.2) is 15.6 Å². The van der Waals surface area contributed by atoms with Crippen LogP contribution in [0, 0.1) is 23.6 Å². The van der Waals surface area contributed by atoms with E-state index >= 15 is 0 Å². The topological polar surface area (TPSA) is 84.0 Å². The summed E-state index contributed by atoms with van der Waals surface area (Å²) in [6.45, 7) is 0. The van der Waals surface area contributed by atoms with Crippen LogP contribution >= 0.6 is 0 Å². The van der Waals surface area contributed by atoms with E-state index in [1.54, 1.807) is 4.98 Å². The number of halogens is 1. The molecule has 1 fully saturated rings. The quantitative estimate of drug-likeness (QED) is 0.796. The number of hydrogen-bond acceptors (Lipinski definition) is 3. The van der Waals surface area contributed by atoms with Gasteiger partial charge in [0.15, 0.2) is 0 Å². The molecular weight excluding hydrogens is 277 g/mol. The lowest BCUT2D eigenvalue weighted by atomic mass is 9.94. The molecule has 7 heteroatoms. The first-order chi connectivity index (χ1) is 10.0. The van der Waals surface area contributed by atoms with Crippen LogP contribution in [0.3, 0.4) is 0 Å². The second-order valence-corrected chi connectivity index (χ2v) is 5.36. The number of fused-ring (bicyclic) bond motifs is 2. The van der Waals surface area contributed by atoms with Gasteiger partial charge >= 0.3 is 11.7 Å². The van der Waals surface area contributed by atoms with Gasteiger partial charge in [-0.05, 0) is 30.6 Å². The van der Waals surface area contributed by atoms with E-state index in [1.165, 1.54) is 6.20 Å². The average molecular weight is 291 g/mol. The molecule has 1 heterocycles. The number of nitrogens with zero attached hydrogens (tertiary/aromatic N) is 1. The van der Waals surface area contributed by atoms with Gasteiger partial charge in [0.05, 0.1) is 6.20 Å². The Morgan fingerprint density at radius 3 is 2.86 bits per heavy atom. The second-order valence-electron chi connectivity index (χ2n) is 5.36. The van der Waals surface area contributed by atoms with Gasteiger partial charge in [-0.2, -0.15) is 4.39 Å². The molecule has 3 unspecified atom stereocenters. The molecule has 3 rings (SSSR count). The molecule has 2 bridgehead atoms. The van der Waals surface area contributed by atoms with E-state index in [4.69, 9.17) is 0 Å². The van der Waals surface area contributed by atoms with Crippen LogP contribution in [0.1, 0.15) is 12.8 Å². The molecule has 1 aromatic heterocycles. The summed E-state index contributed by atoms with van der Waals surface area (Å²) >= 11 is 0. The van der Waals surface area contributed by atoms with Crippen molar-refractivity contribution in [3.05, 3.63) is 57.3 Å². The van der Waals surface area contributed by atoms with Crippen LogP contribution in [0.5, 0.6) is 0 Å². The molecule has 2 aliphatic carbocycles. The van der Waals surface area contributed by atoms with Gasteiger partial charge in [0, 0.05) is 6.20 Å². The zero-order valence-corrected chi connectivity index (χ0v) is 11.1. The van der Waals surface area contributed by atoms with Gasteiger partial charge in [0.1, 0.15) is 0 Å². The maximum Gasteiger partial charge on any atom is 0.336 e. The molecule has 6 nitrogen and oxygen atoms in total. The van der Waals surface area contributed by atoms with E-state index in [9.17, 15) is 18.8 Å². The Hall–Kier alpha value is -2.44. The van der Waals surface area contributed by atoms with Gasteiger partial charge in [-0.1, -0.05) is 18.2 Å². The van der Waals surface area contributed by atoms with Gasteiger partial charge in [0.2, 0.25) is 5.82 Å². The monoisotopic (exact) mass is 291 g/mol. The first-order valence-corrected chi connectivity index (χ1v) is 6.72. The summed E-state index contributed by atoms with van der Waals surface area (Å²) in [5, 5.41) is 2.40. The molecule has 1 aromatic rings. The lowest BCUT2D eigenvalue weighted by Crippen LogP contribution is -2.39.